The molecule has 29 heavy (non-hydrogen) atoms. The molecule has 3 aromatic rings. The number of aromatic nitrogens is 2. The van der Waals surface area contributed by atoms with Gasteiger partial charge in [-0.05, 0) is 42.0 Å². The number of nitrogens with one attached hydrogen (secondary N) is 1. The standard InChI is InChI=1S/C20H18ClN3O4S/c1-28-16-8-2-13(3-9-16)10-19(25)22-20-17-11-29(26,27)12-18(17)23-24(20)15-6-4-14(21)5-7-15/h2-9H,10-12H2,1H3,(H,22,25). The van der Waals surface area contributed by atoms with Crippen LogP contribution in [0.5, 0.6) is 5.75 Å². The molecule has 0 radical (unpaired) electrons. The second kappa shape index (κ2) is 7.53. The van der Waals surface area contributed by atoms with Crippen LogP contribution in [0.4, 0.5) is 5.82 Å². The SMILES string of the molecule is COc1ccc(CC(=O)Nc2c3c(nn2-c2ccc(Cl)cc2)CS(=O)(=O)C3)cc1. The van der Waals surface area contributed by atoms with Crippen molar-refractivity contribution < 1.29 is 17.9 Å². The van der Waals surface area contributed by atoms with Crippen LogP contribution in [0, 0.1) is 0 Å². The van der Waals surface area contributed by atoms with E-state index in [-0.39, 0.29) is 23.8 Å². The molecule has 0 atom stereocenters. The number of hydrogen-bond donors (Lipinski definition) is 1. The Hall–Kier alpha value is -2.84. The minimum atomic E-state index is -3.25. The first-order chi connectivity index (χ1) is 13.8. The number of rotatable bonds is 5. The van der Waals surface area contributed by atoms with Crippen LogP contribution < -0.4 is 10.1 Å². The van der Waals surface area contributed by atoms with Crippen molar-refractivity contribution in [3.05, 3.63) is 70.4 Å². The number of benzene rings is 2. The van der Waals surface area contributed by atoms with Gasteiger partial charge in [0.1, 0.15) is 11.6 Å². The average molecular weight is 432 g/mol. The number of fused-ring (bicyclic) bond motifs is 1. The first-order valence-corrected chi connectivity index (χ1v) is 11.0. The smallest absolute Gasteiger partial charge is 0.229 e. The van der Waals surface area contributed by atoms with Crippen LogP contribution in [0.1, 0.15) is 16.8 Å². The topological polar surface area (TPSA) is 90.3 Å². The molecule has 9 heteroatoms. The van der Waals surface area contributed by atoms with Gasteiger partial charge >= 0.3 is 0 Å². The Bertz CT molecular complexity index is 1170. The molecule has 2 aromatic carbocycles. The summed E-state index contributed by atoms with van der Waals surface area (Å²) >= 11 is 5.96. The molecule has 0 unspecified atom stereocenters. The third-order valence-corrected chi connectivity index (χ3v) is 6.33. The molecule has 1 aliphatic rings. The van der Waals surface area contributed by atoms with Crippen LogP contribution in [0.3, 0.4) is 0 Å². The van der Waals surface area contributed by atoms with Crippen molar-refractivity contribution >= 4 is 33.2 Å². The monoisotopic (exact) mass is 431 g/mol. The van der Waals surface area contributed by atoms with Crippen molar-refractivity contribution in [2.24, 2.45) is 0 Å². The molecule has 0 saturated heterocycles. The lowest BCUT2D eigenvalue weighted by molar-refractivity contribution is -0.115. The van der Waals surface area contributed by atoms with Gasteiger partial charge in [0.15, 0.2) is 9.84 Å². The fraction of sp³-hybridized carbons (Fsp3) is 0.200. The van der Waals surface area contributed by atoms with Crippen LogP contribution in [0.25, 0.3) is 5.69 Å². The summed E-state index contributed by atoms with van der Waals surface area (Å²) < 4.78 is 30.8. The molecule has 1 amide bonds. The molecule has 0 aliphatic carbocycles. The van der Waals surface area contributed by atoms with Crippen molar-refractivity contribution in [3.8, 4) is 11.4 Å². The lowest BCUT2D eigenvalue weighted by atomic mass is 10.1. The maximum absolute atomic E-state index is 12.7. The molecule has 0 bridgehead atoms. The van der Waals surface area contributed by atoms with Gasteiger partial charge in [0.25, 0.3) is 0 Å². The second-order valence-corrected chi connectivity index (χ2v) is 9.27. The fourth-order valence-electron chi connectivity index (χ4n) is 3.25. The summed E-state index contributed by atoms with van der Waals surface area (Å²) in [6, 6.07) is 14.1. The van der Waals surface area contributed by atoms with Gasteiger partial charge in [-0.1, -0.05) is 23.7 Å². The number of halogens is 1. The van der Waals surface area contributed by atoms with Crippen molar-refractivity contribution in [1.29, 1.82) is 0 Å². The number of carbonyl (C=O) groups is 1. The number of anilines is 1. The second-order valence-electron chi connectivity index (χ2n) is 6.77. The van der Waals surface area contributed by atoms with Crippen LogP contribution in [0.2, 0.25) is 5.02 Å². The zero-order chi connectivity index (χ0) is 20.6. The van der Waals surface area contributed by atoms with Crippen molar-refractivity contribution in [3.63, 3.8) is 0 Å². The molecular weight excluding hydrogens is 414 g/mol. The minimum Gasteiger partial charge on any atom is -0.497 e. The molecule has 150 valence electrons. The summed E-state index contributed by atoms with van der Waals surface area (Å²) in [5.41, 5.74) is 2.48. The van der Waals surface area contributed by atoms with Gasteiger partial charge < -0.3 is 10.1 Å². The Morgan fingerprint density at radius 2 is 1.83 bits per heavy atom. The summed E-state index contributed by atoms with van der Waals surface area (Å²) in [5.74, 6) is 0.538. The van der Waals surface area contributed by atoms with E-state index in [0.717, 1.165) is 5.56 Å². The summed E-state index contributed by atoms with van der Waals surface area (Å²) in [7, 11) is -1.68. The third kappa shape index (κ3) is 4.13. The predicted octanol–water partition coefficient (Wildman–Crippen LogP) is 3.14. The van der Waals surface area contributed by atoms with E-state index in [1.165, 1.54) is 0 Å². The lowest BCUT2D eigenvalue weighted by Gasteiger charge is -2.11. The number of ether oxygens (including phenoxy) is 1. The van der Waals surface area contributed by atoms with Gasteiger partial charge in [0, 0.05) is 10.6 Å². The molecule has 0 saturated carbocycles. The number of methoxy groups -OCH3 is 1. The zero-order valence-corrected chi connectivity index (χ0v) is 17.1. The summed E-state index contributed by atoms with van der Waals surface area (Å²) in [5, 5.41) is 7.85. The Labute approximate surface area is 173 Å². The molecular formula is C20H18ClN3O4S. The van der Waals surface area contributed by atoms with Crippen LogP contribution in [0.15, 0.2) is 48.5 Å². The van der Waals surface area contributed by atoms with Crippen LogP contribution in [-0.4, -0.2) is 31.2 Å². The predicted molar refractivity (Wildman–Crippen MR) is 110 cm³/mol. The molecule has 1 aromatic heterocycles. The van der Waals surface area contributed by atoms with Gasteiger partial charge in [-0.15, -0.1) is 0 Å². The van der Waals surface area contributed by atoms with E-state index in [2.05, 4.69) is 10.4 Å². The summed E-state index contributed by atoms with van der Waals surface area (Å²) in [6.45, 7) is 0. The zero-order valence-electron chi connectivity index (χ0n) is 15.6. The van der Waals surface area contributed by atoms with E-state index in [9.17, 15) is 13.2 Å². The first-order valence-electron chi connectivity index (χ1n) is 8.84. The van der Waals surface area contributed by atoms with E-state index in [1.807, 2.05) is 12.1 Å². The van der Waals surface area contributed by atoms with Gasteiger partial charge in [0.2, 0.25) is 5.91 Å². The van der Waals surface area contributed by atoms with Crippen LogP contribution in [-0.2, 0) is 32.6 Å². The molecule has 4 rings (SSSR count). The summed E-state index contributed by atoms with van der Waals surface area (Å²) in [4.78, 5) is 12.7. The van der Waals surface area contributed by atoms with Gasteiger partial charge in [0.05, 0.1) is 36.4 Å². The van der Waals surface area contributed by atoms with E-state index >= 15 is 0 Å². The minimum absolute atomic E-state index is 0.135. The Morgan fingerprint density at radius 1 is 1.14 bits per heavy atom. The van der Waals surface area contributed by atoms with E-state index in [1.54, 1.807) is 48.2 Å². The van der Waals surface area contributed by atoms with Gasteiger partial charge in [-0.25, -0.2) is 13.1 Å². The largest absolute Gasteiger partial charge is 0.497 e. The van der Waals surface area contributed by atoms with Crippen LogP contribution >= 0.6 is 11.6 Å². The molecule has 7 nitrogen and oxygen atoms in total. The molecule has 2 heterocycles. The number of nitrogens with zero attached hydrogens (tertiary/aromatic N) is 2. The van der Waals surface area contributed by atoms with Gasteiger partial charge in [-0.3, -0.25) is 4.79 Å². The van der Waals surface area contributed by atoms with Gasteiger partial charge in [-0.2, -0.15) is 5.10 Å². The number of amides is 1. The number of carbonyl (C=O) groups excluding carboxylic acids is 1. The number of hydrogen-bond acceptors (Lipinski definition) is 5. The normalized spacial score (nSPS) is 14.4. The quantitative estimate of drug-likeness (QED) is 0.670. The molecule has 1 N–H and O–H groups in total. The first kappa shape index (κ1) is 19.5. The number of sulfone groups is 1. The Balaban J connectivity index is 1.64. The van der Waals surface area contributed by atoms with Crippen molar-refractivity contribution in [1.82, 2.24) is 9.78 Å². The molecule has 0 spiro atoms. The van der Waals surface area contributed by atoms with Crippen molar-refractivity contribution in [2.75, 3.05) is 12.4 Å². The fourth-order valence-corrected chi connectivity index (χ4v) is 4.86. The highest BCUT2D eigenvalue weighted by Gasteiger charge is 2.33. The molecule has 1 aliphatic heterocycles. The Kier molecular flexibility index (Phi) is 5.06. The highest BCUT2D eigenvalue weighted by atomic mass is 35.5. The van der Waals surface area contributed by atoms with E-state index in [4.69, 9.17) is 16.3 Å². The molecule has 0 fully saturated rings. The van der Waals surface area contributed by atoms with Crippen molar-refractivity contribution in [2.45, 2.75) is 17.9 Å². The highest BCUT2D eigenvalue weighted by Crippen LogP contribution is 2.33. The van der Waals surface area contributed by atoms with E-state index in [0.29, 0.717) is 33.5 Å². The highest BCUT2D eigenvalue weighted by molar-refractivity contribution is 7.90. The lowest BCUT2D eigenvalue weighted by Crippen LogP contribution is -2.18. The maximum atomic E-state index is 12.7. The average Bonchev–Trinajstić information content (AvgIpc) is 3.15. The summed E-state index contributed by atoms with van der Waals surface area (Å²) in [6.07, 6.45) is 0.136. The third-order valence-electron chi connectivity index (χ3n) is 4.64. The van der Waals surface area contributed by atoms with E-state index < -0.39 is 9.84 Å². The maximum Gasteiger partial charge on any atom is 0.229 e. The Morgan fingerprint density at radius 3 is 2.48 bits per heavy atom.